The summed E-state index contributed by atoms with van der Waals surface area (Å²) in [5.41, 5.74) is 5.20. The van der Waals surface area contributed by atoms with Crippen LogP contribution in [0.4, 0.5) is 0 Å². The topological polar surface area (TPSA) is 85.1 Å². The molecule has 18 heavy (non-hydrogen) atoms. The van der Waals surface area contributed by atoms with Gasteiger partial charge in [-0.1, -0.05) is 16.9 Å². The number of carbonyl (C=O) groups is 2. The molecular formula is C11H15N3O2S2. The van der Waals surface area contributed by atoms with Crippen molar-refractivity contribution in [2.75, 3.05) is 5.75 Å². The molecule has 1 atom stereocenters. The zero-order valence-electron chi connectivity index (χ0n) is 9.96. The van der Waals surface area contributed by atoms with Crippen LogP contribution in [0.2, 0.25) is 0 Å². The van der Waals surface area contributed by atoms with Crippen LogP contribution >= 0.6 is 21.6 Å². The predicted molar refractivity (Wildman–Crippen MR) is 74.0 cm³/mol. The van der Waals surface area contributed by atoms with E-state index < -0.39 is 11.9 Å². The molecule has 1 unspecified atom stereocenters. The molecule has 1 aromatic rings. The molecule has 0 aromatic carbocycles. The minimum absolute atomic E-state index is 0.249. The molecule has 0 saturated carbocycles. The number of hydrogen-bond donors (Lipinski definition) is 2. The van der Waals surface area contributed by atoms with Gasteiger partial charge in [-0.25, -0.2) is 4.98 Å². The minimum Gasteiger partial charge on any atom is -0.368 e. The molecule has 0 bridgehead atoms. The highest BCUT2D eigenvalue weighted by Gasteiger charge is 2.15. The van der Waals surface area contributed by atoms with Gasteiger partial charge in [-0.2, -0.15) is 0 Å². The van der Waals surface area contributed by atoms with E-state index in [-0.39, 0.29) is 5.91 Å². The fourth-order valence-corrected chi connectivity index (χ4v) is 3.17. The molecule has 5 nitrogen and oxygen atoms in total. The molecule has 3 N–H and O–H groups in total. The van der Waals surface area contributed by atoms with E-state index >= 15 is 0 Å². The molecule has 98 valence electrons. The third kappa shape index (κ3) is 5.92. The molecule has 0 fully saturated rings. The summed E-state index contributed by atoms with van der Waals surface area (Å²) in [7, 11) is 3.11. The van der Waals surface area contributed by atoms with Crippen molar-refractivity contribution in [1.29, 1.82) is 0 Å². The fraction of sp³-hybridized carbons (Fsp3) is 0.364. The monoisotopic (exact) mass is 285 g/mol. The van der Waals surface area contributed by atoms with Crippen LogP contribution in [0.15, 0.2) is 29.4 Å². The molecule has 1 rings (SSSR count). The number of nitrogens with zero attached hydrogens (tertiary/aromatic N) is 1. The Labute approximate surface area is 114 Å². The lowest BCUT2D eigenvalue weighted by molar-refractivity contribution is -0.126. The summed E-state index contributed by atoms with van der Waals surface area (Å²) in [6, 6.07) is 5.09. The number of pyridine rings is 1. The molecule has 0 aliphatic rings. The molecule has 0 aliphatic carbocycles. The van der Waals surface area contributed by atoms with E-state index in [4.69, 9.17) is 5.73 Å². The van der Waals surface area contributed by atoms with Crippen molar-refractivity contribution in [3.63, 3.8) is 0 Å². The maximum absolute atomic E-state index is 11.1. The Kier molecular flexibility index (Phi) is 6.59. The van der Waals surface area contributed by atoms with Gasteiger partial charge in [0.25, 0.3) is 0 Å². The second-order valence-electron chi connectivity index (χ2n) is 3.52. The normalized spacial score (nSPS) is 11.8. The molecule has 1 heterocycles. The number of hydrogen-bond acceptors (Lipinski definition) is 5. The third-order valence-corrected chi connectivity index (χ3v) is 4.29. The van der Waals surface area contributed by atoms with Crippen LogP contribution in [-0.2, 0) is 9.59 Å². The summed E-state index contributed by atoms with van der Waals surface area (Å²) < 4.78 is 0. The van der Waals surface area contributed by atoms with Crippen molar-refractivity contribution in [1.82, 2.24) is 10.3 Å². The van der Waals surface area contributed by atoms with Gasteiger partial charge >= 0.3 is 0 Å². The Balaban J connectivity index is 2.27. The van der Waals surface area contributed by atoms with Gasteiger partial charge in [0.05, 0.1) is 0 Å². The number of rotatable bonds is 7. The van der Waals surface area contributed by atoms with E-state index in [1.54, 1.807) is 17.0 Å². The molecule has 0 radical (unpaired) electrons. The van der Waals surface area contributed by atoms with E-state index in [0.29, 0.717) is 12.2 Å². The zero-order chi connectivity index (χ0) is 13.4. The number of amides is 2. The van der Waals surface area contributed by atoms with E-state index in [0.717, 1.165) is 5.03 Å². The van der Waals surface area contributed by atoms with Crippen LogP contribution in [0.1, 0.15) is 13.3 Å². The molecule has 0 spiro atoms. The lowest BCUT2D eigenvalue weighted by Crippen LogP contribution is -2.43. The molecule has 2 amide bonds. The molecule has 1 aromatic heterocycles. The van der Waals surface area contributed by atoms with Crippen LogP contribution in [0.3, 0.4) is 0 Å². The predicted octanol–water partition coefficient (Wildman–Crippen LogP) is 1.20. The Morgan fingerprint density at radius 2 is 2.28 bits per heavy atom. The maximum Gasteiger partial charge on any atom is 0.240 e. The summed E-state index contributed by atoms with van der Waals surface area (Å²) in [4.78, 5) is 26.1. The first-order chi connectivity index (χ1) is 8.59. The first kappa shape index (κ1) is 14.8. The van der Waals surface area contributed by atoms with E-state index in [1.807, 2.05) is 18.2 Å². The second-order valence-corrected chi connectivity index (χ2v) is 5.95. The summed E-state index contributed by atoms with van der Waals surface area (Å²) in [6.45, 7) is 1.37. The molecule has 7 heteroatoms. The van der Waals surface area contributed by atoms with E-state index in [9.17, 15) is 9.59 Å². The lowest BCUT2D eigenvalue weighted by atomic mass is 10.2. The highest BCUT2D eigenvalue weighted by atomic mass is 33.1. The van der Waals surface area contributed by atoms with Gasteiger partial charge in [0.1, 0.15) is 11.1 Å². The summed E-state index contributed by atoms with van der Waals surface area (Å²) >= 11 is 0. The highest BCUT2D eigenvalue weighted by Crippen LogP contribution is 2.29. The van der Waals surface area contributed by atoms with Crippen LogP contribution < -0.4 is 11.1 Å². The Hall–Kier alpha value is -1.21. The van der Waals surface area contributed by atoms with Crippen LogP contribution in [0.5, 0.6) is 0 Å². The van der Waals surface area contributed by atoms with Gasteiger partial charge < -0.3 is 11.1 Å². The molecular weight excluding hydrogens is 270 g/mol. The van der Waals surface area contributed by atoms with Crippen molar-refractivity contribution in [3.8, 4) is 0 Å². The largest absolute Gasteiger partial charge is 0.368 e. The third-order valence-electron chi connectivity index (χ3n) is 1.99. The maximum atomic E-state index is 11.1. The van der Waals surface area contributed by atoms with Gasteiger partial charge in [0.15, 0.2) is 0 Å². The highest BCUT2D eigenvalue weighted by molar-refractivity contribution is 8.76. The number of primary amides is 1. The lowest BCUT2D eigenvalue weighted by Gasteiger charge is -2.13. The van der Waals surface area contributed by atoms with Crippen LogP contribution in [-0.4, -0.2) is 28.6 Å². The van der Waals surface area contributed by atoms with Crippen molar-refractivity contribution in [2.24, 2.45) is 5.73 Å². The summed E-state index contributed by atoms with van der Waals surface area (Å²) in [5.74, 6) is -0.0513. The van der Waals surface area contributed by atoms with E-state index in [1.165, 1.54) is 17.7 Å². The average molecular weight is 285 g/mol. The Morgan fingerprint density at radius 1 is 1.50 bits per heavy atom. The Morgan fingerprint density at radius 3 is 2.83 bits per heavy atom. The number of carbonyl (C=O) groups excluding carboxylic acids is 2. The van der Waals surface area contributed by atoms with Crippen LogP contribution in [0, 0.1) is 0 Å². The number of nitrogens with one attached hydrogen (secondary N) is 1. The summed E-state index contributed by atoms with van der Waals surface area (Å²) in [5, 5.41) is 3.44. The SMILES string of the molecule is CC(=O)NC(CCSSc1ccccn1)C(N)=O. The van der Waals surface area contributed by atoms with Crippen molar-refractivity contribution >= 4 is 33.4 Å². The average Bonchev–Trinajstić information content (AvgIpc) is 2.33. The smallest absolute Gasteiger partial charge is 0.240 e. The fourth-order valence-electron chi connectivity index (χ4n) is 1.20. The summed E-state index contributed by atoms with van der Waals surface area (Å²) in [6.07, 6.45) is 2.24. The zero-order valence-corrected chi connectivity index (χ0v) is 11.6. The first-order valence-corrected chi connectivity index (χ1v) is 7.68. The van der Waals surface area contributed by atoms with E-state index in [2.05, 4.69) is 10.3 Å². The van der Waals surface area contributed by atoms with Gasteiger partial charge in [-0.15, -0.1) is 0 Å². The van der Waals surface area contributed by atoms with Gasteiger partial charge in [0.2, 0.25) is 11.8 Å². The first-order valence-electron chi connectivity index (χ1n) is 5.36. The molecule has 0 saturated heterocycles. The second kappa shape index (κ2) is 7.99. The Bertz CT molecular complexity index is 401. The van der Waals surface area contributed by atoms with Gasteiger partial charge in [-0.05, 0) is 29.3 Å². The van der Waals surface area contributed by atoms with Crippen molar-refractivity contribution in [2.45, 2.75) is 24.4 Å². The standard InChI is InChI=1S/C11H15N3O2S2/c1-8(15)14-9(11(12)16)5-7-17-18-10-4-2-3-6-13-10/h2-4,6,9H,5,7H2,1H3,(H2,12,16)(H,14,15). The minimum atomic E-state index is -0.598. The molecule has 0 aliphatic heterocycles. The number of aromatic nitrogens is 1. The van der Waals surface area contributed by atoms with Crippen molar-refractivity contribution in [3.05, 3.63) is 24.4 Å². The van der Waals surface area contributed by atoms with Gasteiger partial charge in [0, 0.05) is 18.9 Å². The van der Waals surface area contributed by atoms with Crippen LogP contribution in [0.25, 0.3) is 0 Å². The quantitative estimate of drug-likeness (QED) is 0.581. The van der Waals surface area contributed by atoms with Gasteiger partial charge in [-0.3, -0.25) is 9.59 Å². The number of nitrogens with two attached hydrogens (primary N) is 1. The van der Waals surface area contributed by atoms with Crippen molar-refractivity contribution < 1.29 is 9.59 Å².